The predicted octanol–water partition coefficient (Wildman–Crippen LogP) is -1.95. The minimum Gasteiger partial charge on any atom is -0.772 e. The van der Waals surface area contributed by atoms with E-state index < -0.39 is 11.1 Å². The first-order valence-electron chi connectivity index (χ1n) is 4.56. The summed E-state index contributed by atoms with van der Waals surface area (Å²) < 4.78 is 26.1. The zero-order valence-electron chi connectivity index (χ0n) is 8.69. The van der Waals surface area contributed by atoms with Crippen LogP contribution < -0.4 is 34.3 Å². The van der Waals surface area contributed by atoms with Gasteiger partial charge in [0.25, 0.3) is 0 Å². The molecule has 0 radical (unpaired) electrons. The second-order valence-corrected chi connectivity index (χ2v) is 4.31. The standard InChI is InChI=1S/C10H12O3S.Na/c11-14(12)6-4-8-1-2-10-9(7-8)3-5-13-10;/h1-2,7H,3-6H2,(H,11,12);/q;+1/p-1. The number of hydrogen-bond acceptors (Lipinski definition) is 3. The third-order valence-corrected chi connectivity index (χ3v) is 2.85. The molecule has 1 aliphatic rings. The summed E-state index contributed by atoms with van der Waals surface area (Å²) in [4.78, 5) is 0. The van der Waals surface area contributed by atoms with E-state index in [0.717, 1.165) is 24.3 Å². The Morgan fingerprint density at radius 3 is 3.00 bits per heavy atom. The van der Waals surface area contributed by atoms with E-state index in [4.69, 9.17) is 4.74 Å². The van der Waals surface area contributed by atoms with Crippen molar-refractivity contribution >= 4 is 11.1 Å². The summed E-state index contributed by atoms with van der Waals surface area (Å²) in [5, 5.41) is 0. The van der Waals surface area contributed by atoms with E-state index in [1.807, 2.05) is 18.2 Å². The molecule has 0 aliphatic carbocycles. The van der Waals surface area contributed by atoms with Gasteiger partial charge in [-0.15, -0.1) is 0 Å². The SMILES string of the molecule is O=S([O-])CCc1ccc2c(c1)CCO2.[Na+]. The van der Waals surface area contributed by atoms with Gasteiger partial charge < -0.3 is 9.29 Å². The summed E-state index contributed by atoms with van der Waals surface area (Å²) in [5.74, 6) is 1.14. The Kier molecular flexibility index (Phi) is 5.29. The van der Waals surface area contributed by atoms with Gasteiger partial charge in [0, 0.05) is 12.2 Å². The van der Waals surface area contributed by atoms with Crippen molar-refractivity contribution < 1.29 is 43.1 Å². The Labute approximate surface area is 114 Å². The van der Waals surface area contributed by atoms with Crippen molar-refractivity contribution in [2.75, 3.05) is 12.4 Å². The van der Waals surface area contributed by atoms with Gasteiger partial charge in [-0.2, -0.15) is 0 Å². The van der Waals surface area contributed by atoms with Gasteiger partial charge in [0.2, 0.25) is 0 Å². The molecule has 0 amide bonds. The molecule has 0 saturated heterocycles. The van der Waals surface area contributed by atoms with Crippen LogP contribution in [-0.2, 0) is 23.9 Å². The maximum atomic E-state index is 10.4. The van der Waals surface area contributed by atoms with Crippen molar-refractivity contribution in [3.05, 3.63) is 29.3 Å². The minimum absolute atomic E-state index is 0. The summed E-state index contributed by atoms with van der Waals surface area (Å²) in [7, 11) is 0. The van der Waals surface area contributed by atoms with E-state index in [2.05, 4.69) is 0 Å². The Hall–Kier alpha value is 0.130. The molecular weight excluding hydrogens is 223 g/mol. The van der Waals surface area contributed by atoms with Crippen LogP contribution in [0.15, 0.2) is 18.2 Å². The Balaban J connectivity index is 0.00000112. The summed E-state index contributed by atoms with van der Waals surface area (Å²) in [5.41, 5.74) is 2.26. The van der Waals surface area contributed by atoms with E-state index in [-0.39, 0.29) is 35.3 Å². The van der Waals surface area contributed by atoms with Gasteiger partial charge in [0.15, 0.2) is 0 Å². The van der Waals surface area contributed by atoms with Gasteiger partial charge in [0.1, 0.15) is 5.75 Å². The Morgan fingerprint density at radius 1 is 1.47 bits per heavy atom. The molecule has 1 heterocycles. The molecule has 15 heavy (non-hydrogen) atoms. The number of rotatable bonds is 3. The molecule has 1 atom stereocenters. The van der Waals surface area contributed by atoms with E-state index in [1.54, 1.807) is 0 Å². The van der Waals surface area contributed by atoms with Gasteiger partial charge >= 0.3 is 29.6 Å². The molecule has 5 heteroatoms. The topological polar surface area (TPSA) is 49.4 Å². The smallest absolute Gasteiger partial charge is 0.772 e. The van der Waals surface area contributed by atoms with Crippen molar-refractivity contribution in [1.29, 1.82) is 0 Å². The van der Waals surface area contributed by atoms with Crippen LogP contribution in [0.4, 0.5) is 0 Å². The second-order valence-electron chi connectivity index (χ2n) is 3.30. The predicted molar refractivity (Wildman–Crippen MR) is 53.1 cm³/mol. The maximum absolute atomic E-state index is 10.4. The number of hydrogen-bond donors (Lipinski definition) is 0. The van der Waals surface area contributed by atoms with Crippen molar-refractivity contribution in [1.82, 2.24) is 0 Å². The summed E-state index contributed by atoms with van der Waals surface area (Å²) >= 11 is -1.95. The molecule has 1 aromatic carbocycles. The Bertz CT molecular complexity index is 368. The first-order valence-corrected chi connectivity index (χ1v) is 5.80. The molecule has 0 aromatic heterocycles. The van der Waals surface area contributed by atoms with Gasteiger partial charge in [-0.25, -0.2) is 0 Å². The molecule has 0 bridgehead atoms. The summed E-state index contributed by atoms with van der Waals surface area (Å²) in [6.07, 6.45) is 1.52. The number of aryl methyl sites for hydroxylation is 1. The van der Waals surface area contributed by atoms with E-state index in [0.29, 0.717) is 6.42 Å². The molecule has 0 fully saturated rings. The Morgan fingerprint density at radius 2 is 2.27 bits per heavy atom. The van der Waals surface area contributed by atoms with Crippen LogP contribution in [0.3, 0.4) is 0 Å². The van der Waals surface area contributed by atoms with Crippen LogP contribution in [-0.4, -0.2) is 21.1 Å². The molecule has 0 N–H and O–H groups in total. The van der Waals surface area contributed by atoms with E-state index in [9.17, 15) is 8.76 Å². The fourth-order valence-electron chi connectivity index (χ4n) is 1.60. The molecule has 3 nitrogen and oxygen atoms in total. The van der Waals surface area contributed by atoms with Crippen molar-refractivity contribution in [2.24, 2.45) is 0 Å². The molecule has 0 spiro atoms. The number of fused-ring (bicyclic) bond motifs is 1. The fourth-order valence-corrected chi connectivity index (χ4v) is 2.00. The molecule has 1 aliphatic heterocycles. The second kappa shape index (κ2) is 6.01. The average Bonchev–Trinajstić information content (AvgIpc) is 2.61. The zero-order chi connectivity index (χ0) is 9.97. The molecule has 76 valence electrons. The molecule has 2 rings (SSSR count). The minimum atomic E-state index is -1.95. The average molecular weight is 234 g/mol. The summed E-state index contributed by atoms with van der Waals surface area (Å²) in [6, 6.07) is 5.89. The molecular formula is C10H11NaO3S. The number of ether oxygens (including phenoxy) is 1. The van der Waals surface area contributed by atoms with Crippen molar-refractivity contribution in [2.45, 2.75) is 12.8 Å². The first kappa shape index (κ1) is 13.2. The van der Waals surface area contributed by atoms with Gasteiger partial charge in [-0.3, -0.25) is 4.21 Å². The number of benzene rings is 1. The van der Waals surface area contributed by atoms with Crippen LogP contribution in [0.1, 0.15) is 11.1 Å². The molecule has 0 saturated carbocycles. The third-order valence-electron chi connectivity index (χ3n) is 2.31. The van der Waals surface area contributed by atoms with E-state index in [1.165, 1.54) is 5.56 Å². The van der Waals surface area contributed by atoms with Crippen molar-refractivity contribution in [3.63, 3.8) is 0 Å². The van der Waals surface area contributed by atoms with Crippen LogP contribution in [0.2, 0.25) is 0 Å². The van der Waals surface area contributed by atoms with E-state index >= 15 is 0 Å². The fraction of sp³-hybridized carbons (Fsp3) is 0.400. The zero-order valence-corrected chi connectivity index (χ0v) is 11.5. The monoisotopic (exact) mass is 234 g/mol. The molecule has 1 unspecified atom stereocenters. The molecule has 1 aromatic rings. The van der Waals surface area contributed by atoms with Gasteiger partial charge in [0.05, 0.1) is 6.61 Å². The summed E-state index contributed by atoms with van der Waals surface area (Å²) in [6.45, 7) is 0.742. The van der Waals surface area contributed by atoms with Gasteiger partial charge in [-0.05, 0) is 23.6 Å². The first-order chi connectivity index (χ1) is 6.75. The normalized spacial score (nSPS) is 15.0. The van der Waals surface area contributed by atoms with Crippen LogP contribution >= 0.6 is 0 Å². The van der Waals surface area contributed by atoms with Crippen LogP contribution in [0.25, 0.3) is 0 Å². The van der Waals surface area contributed by atoms with Crippen LogP contribution in [0.5, 0.6) is 5.75 Å². The maximum Gasteiger partial charge on any atom is 1.00 e. The van der Waals surface area contributed by atoms with Crippen molar-refractivity contribution in [3.8, 4) is 5.75 Å². The van der Waals surface area contributed by atoms with Crippen LogP contribution in [0, 0.1) is 0 Å². The van der Waals surface area contributed by atoms with Gasteiger partial charge in [-0.1, -0.05) is 23.2 Å². The third kappa shape index (κ3) is 3.57. The quantitative estimate of drug-likeness (QED) is 0.451. The largest absolute Gasteiger partial charge is 1.00 e.